The third kappa shape index (κ3) is 1.79. The van der Waals surface area contributed by atoms with Crippen molar-refractivity contribution in [2.45, 2.75) is 44.4 Å². The number of hydrogen-bond acceptors (Lipinski definition) is 3. The van der Waals surface area contributed by atoms with Crippen LogP contribution in [0.3, 0.4) is 0 Å². The van der Waals surface area contributed by atoms with Gasteiger partial charge in [0.15, 0.2) is 0 Å². The van der Waals surface area contributed by atoms with Gasteiger partial charge in [-0.25, -0.2) is 0 Å². The minimum atomic E-state index is -0.745. The summed E-state index contributed by atoms with van der Waals surface area (Å²) in [6.07, 6.45) is 2.07. The first-order chi connectivity index (χ1) is 5.59. The quantitative estimate of drug-likeness (QED) is 0.654. The first kappa shape index (κ1) is 9.96. The van der Waals surface area contributed by atoms with Crippen molar-refractivity contribution in [3.8, 4) is 0 Å². The van der Waals surface area contributed by atoms with Crippen molar-refractivity contribution in [3.63, 3.8) is 0 Å². The molecular formula is C9H19NO2. The summed E-state index contributed by atoms with van der Waals surface area (Å²) in [5, 5.41) is 13.4. The predicted octanol–water partition coefficient (Wildman–Crippen LogP) is 0.524. The summed E-state index contributed by atoms with van der Waals surface area (Å²) in [6.45, 7) is 4.75. The normalized spacial score (nSPS) is 31.5. The van der Waals surface area contributed by atoms with Gasteiger partial charge in [-0.3, -0.25) is 0 Å². The van der Waals surface area contributed by atoms with E-state index in [1.165, 1.54) is 0 Å². The average molecular weight is 173 g/mol. The monoisotopic (exact) mass is 173 g/mol. The molecule has 0 spiro atoms. The van der Waals surface area contributed by atoms with Crippen LogP contribution in [-0.4, -0.2) is 36.5 Å². The average Bonchev–Trinajstić information content (AvgIpc) is 2.55. The fourth-order valence-corrected chi connectivity index (χ4v) is 1.71. The van der Waals surface area contributed by atoms with Crippen molar-refractivity contribution >= 4 is 0 Å². The summed E-state index contributed by atoms with van der Waals surface area (Å²) in [6, 6.07) is 0.187. The Morgan fingerprint density at radius 2 is 2.33 bits per heavy atom. The second-order valence-electron chi connectivity index (χ2n) is 3.75. The van der Waals surface area contributed by atoms with E-state index in [0.717, 1.165) is 19.4 Å². The van der Waals surface area contributed by atoms with Crippen LogP contribution < -0.4 is 5.32 Å². The first-order valence-corrected chi connectivity index (χ1v) is 4.57. The molecule has 2 N–H and O–H groups in total. The summed E-state index contributed by atoms with van der Waals surface area (Å²) in [7, 11) is 1.63. The summed E-state index contributed by atoms with van der Waals surface area (Å²) >= 11 is 0. The molecule has 0 aromatic rings. The van der Waals surface area contributed by atoms with Crippen LogP contribution in [0.25, 0.3) is 0 Å². The first-order valence-electron chi connectivity index (χ1n) is 4.57. The number of rotatable bonds is 3. The molecule has 72 valence electrons. The molecule has 3 heteroatoms. The highest BCUT2D eigenvalue weighted by atomic mass is 16.5. The Morgan fingerprint density at radius 1 is 1.67 bits per heavy atom. The smallest absolute Gasteiger partial charge is 0.103 e. The zero-order valence-electron chi connectivity index (χ0n) is 8.13. The molecule has 0 bridgehead atoms. The van der Waals surface area contributed by atoms with Crippen molar-refractivity contribution in [1.29, 1.82) is 0 Å². The lowest BCUT2D eigenvalue weighted by atomic mass is 9.90. The van der Waals surface area contributed by atoms with Crippen molar-refractivity contribution < 1.29 is 9.84 Å². The topological polar surface area (TPSA) is 41.5 Å². The van der Waals surface area contributed by atoms with Crippen LogP contribution in [0.4, 0.5) is 0 Å². The fraction of sp³-hybridized carbons (Fsp3) is 1.00. The molecule has 12 heavy (non-hydrogen) atoms. The zero-order chi connectivity index (χ0) is 9.19. The second kappa shape index (κ2) is 3.73. The molecule has 0 aliphatic carbocycles. The molecule has 3 unspecified atom stereocenters. The van der Waals surface area contributed by atoms with Gasteiger partial charge in [-0.1, -0.05) is 0 Å². The molecule has 1 rings (SSSR count). The highest BCUT2D eigenvalue weighted by molar-refractivity contribution is 4.95. The lowest BCUT2D eigenvalue weighted by Gasteiger charge is -2.34. The molecular weight excluding hydrogens is 154 g/mol. The van der Waals surface area contributed by atoms with Gasteiger partial charge in [0.1, 0.15) is 5.60 Å². The summed E-state index contributed by atoms with van der Waals surface area (Å²) in [5.74, 6) is 0. The van der Waals surface area contributed by atoms with E-state index in [4.69, 9.17) is 4.74 Å². The van der Waals surface area contributed by atoms with Crippen LogP contribution in [0, 0.1) is 0 Å². The minimum absolute atomic E-state index is 0.118. The molecule has 0 radical (unpaired) electrons. The Labute approximate surface area is 74.1 Å². The van der Waals surface area contributed by atoms with Gasteiger partial charge in [0, 0.05) is 13.2 Å². The van der Waals surface area contributed by atoms with Crippen LogP contribution in [0.1, 0.15) is 26.7 Å². The van der Waals surface area contributed by atoms with Gasteiger partial charge in [0.05, 0.1) is 6.10 Å². The number of nitrogens with one attached hydrogen (secondary N) is 1. The standard InChI is InChI=1S/C9H19NO2/c1-7(12-3)9(2,11)8-5-4-6-10-8/h7-8,10-11H,4-6H2,1-3H3. The summed E-state index contributed by atoms with van der Waals surface area (Å²) in [4.78, 5) is 0. The Balaban J connectivity index is 2.56. The largest absolute Gasteiger partial charge is 0.386 e. The van der Waals surface area contributed by atoms with E-state index in [1.807, 2.05) is 13.8 Å². The van der Waals surface area contributed by atoms with Crippen LogP contribution in [0.5, 0.6) is 0 Å². The molecule has 3 nitrogen and oxygen atoms in total. The van der Waals surface area contributed by atoms with Gasteiger partial charge in [-0.2, -0.15) is 0 Å². The Bertz CT molecular complexity index is 141. The number of ether oxygens (including phenoxy) is 1. The lowest BCUT2D eigenvalue weighted by molar-refractivity contribution is -0.0906. The van der Waals surface area contributed by atoms with Gasteiger partial charge < -0.3 is 15.2 Å². The molecule has 1 aliphatic heterocycles. The molecule has 1 saturated heterocycles. The SMILES string of the molecule is COC(C)C(C)(O)C1CCCN1. The summed E-state index contributed by atoms with van der Waals surface area (Å²) in [5.41, 5.74) is -0.745. The van der Waals surface area contributed by atoms with Crippen LogP contribution in [-0.2, 0) is 4.74 Å². The molecule has 0 aromatic heterocycles. The van der Waals surface area contributed by atoms with Crippen LogP contribution in [0.15, 0.2) is 0 Å². The van der Waals surface area contributed by atoms with E-state index in [0.29, 0.717) is 0 Å². The number of methoxy groups -OCH3 is 1. The third-order valence-corrected chi connectivity index (χ3v) is 2.94. The van der Waals surface area contributed by atoms with Gasteiger partial charge in [-0.15, -0.1) is 0 Å². The molecule has 0 amide bonds. The molecule has 0 saturated carbocycles. The van der Waals surface area contributed by atoms with Crippen LogP contribution >= 0.6 is 0 Å². The van der Waals surface area contributed by atoms with Crippen molar-refractivity contribution in [2.24, 2.45) is 0 Å². The van der Waals surface area contributed by atoms with Crippen molar-refractivity contribution in [1.82, 2.24) is 5.32 Å². The fourth-order valence-electron chi connectivity index (χ4n) is 1.71. The van der Waals surface area contributed by atoms with E-state index in [2.05, 4.69) is 5.32 Å². The number of aliphatic hydroxyl groups is 1. The van der Waals surface area contributed by atoms with Gasteiger partial charge in [-0.05, 0) is 33.2 Å². The van der Waals surface area contributed by atoms with Gasteiger partial charge in [0.2, 0.25) is 0 Å². The lowest BCUT2D eigenvalue weighted by Crippen LogP contribution is -2.53. The highest BCUT2D eigenvalue weighted by Gasteiger charge is 2.38. The van der Waals surface area contributed by atoms with E-state index < -0.39 is 5.60 Å². The maximum atomic E-state index is 10.1. The zero-order valence-corrected chi connectivity index (χ0v) is 8.13. The predicted molar refractivity (Wildman–Crippen MR) is 48.1 cm³/mol. The molecule has 0 aromatic carbocycles. The summed E-state index contributed by atoms with van der Waals surface area (Å²) < 4.78 is 5.14. The maximum absolute atomic E-state index is 10.1. The molecule has 3 atom stereocenters. The minimum Gasteiger partial charge on any atom is -0.386 e. The Hall–Kier alpha value is -0.120. The van der Waals surface area contributed by atoms with Gasteiger partial charge >= 0.3 is 0 Å². The van der Waals surface area contributed by atoms with E-state index in [9.17, 15) is 5.11 Å². The van der Waals surface area contributed by atoms with Crippen LogP contribution in [0.2, 0.25) is 0 Å². The van der Waals surface area contributed by atoms with E-state index in [-0.39, 0.29) is 12.1 Å². The second-order valence-corrected chi connectivity index (χ2v) is 3.75. The number of hydrogen-bond donors (Lipinski definition) is 2. The Morgan fingerprint density at radius 3 is 2.75 bits per heavy atom. The van der Waals surface area contributed by atoms with Crippen molar-refractivity contribution in [2.75, 3.05) is 13.7 Å². The highest BCUT2D eigenvalue weighted by Crippen LogP contribution is 2.23. The van der Waals surface area contributed by atoms with E-state index >= 15 is 0 Å². The molecule has 1 aliphatic rings. The Kier molecular flexibility index (Phi) is 3.09. The molecule has 1 fully saturated rings. The third-order valence-electron chi connectivity index (χ3n) is 2.94. The van der Waals surface area contributed by atoms with Crippen molar-refractivity contribution in [3.05, 3.63) is 0 Å². The molecule has 1 heterocycles. The van der Waals surface area contributed by atoms with E-state index in [1.54, 1.807) is 7.11 Å². The maximum Gasteiger partial charge on any atom is 0.103 e. The van der Waals surface area contributed by atoms with Gasteiger partial charge in [0.25, 0.3) is 0 Å².